The second-order valence-electron chi connectivity index (χ2n) is 11.0. The number of fused-ring (bicyclic) bond motifs is 1. The molecule has 1 aliphatic carbocycles. The number of benzene rings is 1. The quantitative estimate of drug-likeness (QED) is 0.140. The van der Waals surface area contributed by atoms with Gasteiger partial charge in [-0.05, 0) is 12.2 Å². The molecule has 0 spiro atoms. The Balaban J connectivity index is 0.000000572. The molecule has 0 saturated heterocycles. The van der Waals surface area contributed by atoms with E-state index in [-0.39, 0.29) is 11.1 Å². The molecule has 0 aliphatic heterocycles. The molecule has 4 nitrogen and oxygen atoms in total. The van der Waals surface area contributed by atoms with E-state index in [9.17, 15) is 19.8 Å². The summed E-state index contributed by atoms with van der Waals surface area (Å²) in [5, 5.41) is 22.5. The average molecular weight is 768 g/mol. The van der Waals surface area contributed by atoms with Gasteiger partial charge in [0.25, 0.3) is 0 Å². The van der Waals surface area contributed by atoms with E-state index in [0.717, 1.165) is 24.3 Å². The standard InChI is InChI=1S/C10H6O4.6C4H9.2Sn/c11-5-1-2-6(12)10-8(14)4-3-7(13)9(5)10;6*1-3-4-2;;/h1-4,11-12H;6*1,3-4H2,2H3;;/q;;;;;;;2*+1/p-2. The fourth-order valence-electron chi connectivity index (χ4n) is 4.68. The molecule has 0 bridgehead atoms. The summed E-state index contributed by atoms with van der Waals surface area (Å²) < 4.78 is 10.1. The molecule has 0 saturated carbocycles. The first kappa shape index (κ1) is 39.5. The SMILES string of the molecule is CCC[CH2][Sn+]([CH2]CCC)[CH2]CCC.CCC[CH2][Sn+]([CH2]CCC)[CH2]CCC.O=C1C=CC(=O)c2c([O-])ccc([O-])c21. The van der Waals surface area contributed by atoms with Crippen molar-refractivity contribution in [2.24, 2.45) is 0 Å². The van der Waals surface area contributed by atoms with Crippen molar-refractivity contribution in [3.63, 3.8) is 0 Å². The van der Waals surface area contributed by atoms with Gasteiger partial charge in [0, 0.05) is 11.1 Å². The van der Waals surface area contributed by atoms with E-state index in [2.05, 4.69) is 41.5 Å². The second kappa shape index (κ2) is 26.1. The van der Waals surface area contributed by atoms with Crippen LogP contribution in [0.5, 0.6) is 11.5 Å². The summed E-state index contributed by atoms with van der Waals surface area (Å²) in [5.74, 6) is -2.32. The third-order valence-electron chi connectivity index (χ3n) is 7.31. The summed E-state index contributed by atoms with van der Waals surface area (Å²) in [5.41, 5.74) is -0.602. The molecular formula is C34H58O4Sn2. The zero-order chi connectivity index (χ0) is 30.2. The minimum atomic E-state index is -0.839. The Labute approximate surface area is 261 Å². The van der Waals surface area contributed by atoms with Crippen LogP contribution in [0.3, 0.4) is 0 Å². The Bertz CT molecular complexity index is 732. The van der Waals surface area contributed by atoms with Gasteiger partial charge in [0.15, 0.2) is 11.6 Å². The van der Waals surface area contributed by atoms with Gasteiger partial charge < -0.3 is 10.2 Å². The molecule has 0 unspecified atom stereocenters. The first-order valence-corrected chi connectivity index (χ1v) is 28.4. The number of hydrogen-bond donors (Lipinski definition) is 0. The van der Waals surface area contributed by atoms with Crippen LogP contribution in [-0.2, 0) is 0 Å². The summed E-state index contributed by atoms with van der Waals surface area (Å²) in [7, 11) is 0. The third kappa shape index (κ3) is 17.5. The Hall–Kier alpha value is -0.503. The number of hydrogen-bond acceptors (Lipinski definition) is 4. The predicted molar refractivity (Wildman–Crippen MR) is 173 cm³/mol. The molecule has 2 rings (SSSR count). The molecule has 1 aliphatic rings. The van der Waals surface area contributed by atoms with Crippen LogP contribution in [0.15, 0.2) is 24.3 Å². The number of unbranched alkanes of at least 4 members (excludes halogenated alkanes) is 6. The van der Waals surface area contributed by atoms with E-state index in [1.165, 1.54) is 77.0 Å². The zero-order valence-corrected chi connectivity index (χ0v) is 32.4. The van der Waals surface area contributed by atoms with E-state index >= 15 is 0 Å². The molecule has 226 valence electrons. The van der Waals surface area contributed by atoms with Gasteiger partial charge in [0.05, 0.1) is 0 Å². The van der Waals surface area contributed by atoms with Crippen LogP contribution < -0.4 is 10.2 Å². The third-order valence-corrected chi connectivity index (χ3v) is 25.5. The van der Waals surface area contributed by atoms with Crippen LogP contribution in [0, 0.1) is 0 Å². The van der Waals surface area contributed by atoms with Crippen LogP contribution in [-0.4, -0.2) is 51.1 Å². The van der Waals surface area contributed by atoms with E-state index in [4.69, 9.17) is 0 Å². The Kier molecular flexibility index (Phi) is 25.8. The molecule has 1 aromatic rings. The molecule has 0 atom stereocenters. The summed E-state index contributed by atoms with van der Waals surface area (Å²) in [6.07, 6.45) is 19.7. The smallest absolute Gasteiger partial charge is 0.186 e. The van der Waals surface area contributed by atoms with Gasteiger partial charge in [-0.2, -0.15) is 0 Å². The Morgan fingerprint density at radius 2 is 0.700 bits per heavy atom. The molecule has 0 amide bonds. The molecule has 0 N–H and O–H groups in total. The molecule has 6 heteroatoms. The topological polar surface area (TPSA) is 80.3 Å². The fourth-order valence-corrected chi connectivity index (χ4v) is 23.6. The Morgan fingerprint density at radius 1 is 0.475 bits per heavy atom. The molecule has 0 fully saturated rings. The number of carbonyl (C=O) groups excluding carboxylic acids is 2. The maximum atomic E-state index is 11.2. The van der Waals surface area contributed by atoms with Crippen molar-refractivity contribution in [2.75, 3.05) is 0 Å². The maximum Gasteiger partial charge on any atom is 0.186 e. The number of carbonyl (C=O) groups is 2. The summed E-state index contributed by atoms with van der Waals surface area (Å²) >= 11 is -1.68. The van der Waals surface area contributed by atoms with E-state index < -0.39 is 62.6 Å². The molecule has 0 aromatic heterocycles. The average Bonchev–Trinajstić information content (AvgIpc) is 2.96. The second-order valence-corrected chi connectivity index (χ2v) is 28.1. The minimum absolute atomic E-state index is 0.301. The van der Waals surface area contributed by atoms with Crippen molar-refractivity contribution in [2.45, 2.75) is 145 Å². The first-order chi connectivity index (χ1) is 19.3. The molecule has 0 radical (unpaired) electrons. The van der Waals surface area contributed by atoms with Crippen LogP contribution in [0.4, 0.5) is 0 Å². The molecule has 1 aromatic carbocycles. The monoisotopic (exact) mass is 770 g/mol. The Morgan fingerprint density at radius 3 is 0.900 bits per heavy atom. The van der Waals surface area contributed by atoms with E-state index in [0.29, 0.717) is 0 Å². The van der Waals surface area contributed by atoms with Crippen LogP contribution in [0.1, 0.15) is 139 Å². The van der Waals surface area contributed by atoms with Crippen LogP contribution in [0.2, 0.25) is 26.6 Å². The van der Waals surface area contributed by atoms with Gasteiger partial charge in [0.1, 0.15) is 0 Å². The fraction of sp³-hybridized carbons (Fsp3) is 0.706. The molecular weight excluding hydrogens is 710 g/mol. The maximum absolute atomic E-state index is 11.2. The first-order valence-electron chi connectivity index (χ1n) is 16.3. The summed E-state index contributed by atoms with van der Waals surface area (Å²) in [6, 6.07) is 2.01. The molecule has 0 heterocycles. The van der Waals surface area contributed by atoms with Crippen molar-refractivity contribution >= 4 is 51.1 Å². The van der Waals surface area contributed by atoms with Crippen molar-refractivity contribution in [3.05, 3.63) is 35.4 Å². The van der Waals surface area contributed by atoms with Crippen LogP contribution in [0.25, 0.3) is 0 Å². The van der Waals surface area contributed by atoms with Crippen molar-refractivity contribution in [1.29, 1.82) is 0 Å². The van der Waals surface area contributed by atoms with Gasteiger partial charge in [-0.25, -0.2) is 0 Å². The van der Waals surface area contributed by atoms with Crippen LogP contribution >= 0.6 is 0 Å². The number of allylic oxidation sites excluding steroid dienone is 2. The zero-order valence-electron chi connectivity index (χ0n) is 26.7. The normalized spacial score (nSPS) is 11.8. The molecule has 40 heavy (non-hydrogen) atoms. The summed E-state index contributed by atoms with van der Waals surface area (Å²) in [4.78, 5) is 22.5. The van der Waals surface area contributed by atoms with Gasteiger partial charge in [-0.15, -0.1) is 0 Å². The van der Waals surface area contributed by atoms with Gasteiger partial charge >= 0.3 is 185 Å². The van der Waals surface area contributed by atoms with Crippen molar-refractivity contribution < 1.29 is 19.8 Å². The van der Waals surface area contributed by atoms with Crippen molar-refractivity contribution in [3.8, 4) is 11.5 Å². The van der Waals surface area contributed by atoms with Gasteiger partial charge in [-0.1, -0.05) is 23.6 Å². The van der Waals surface area contributed by atoms with E-state index in [1.54, 1.807) is 26.6 Å². The summed E-state index contributed by atoms with van der Waals surface area (Å²) in [6.45, 7) is 14.0. The minimum Gasteiger partial charge on any atom is -0.872 e. The number of rotatable bonds is 18. The largest absolute Gasteiger partial charge is 0.872 e. The number of ketones is 2. The van der Waals surface area contributed by atoms with Crippen molar-refractivity contribution in [1.82, 2.24) is 0 Å². The van der Waals surface area contributed by atoms with Gasteiger partial charge in [0.2, 0.25) is 0 Å². The van der Waals surface area contributed by atoms with Gasteiger partial charge in [-0.3, -0.25) is 9.59 Å². The predicted octanol–water partition coefficient (Wildman–Crippen LogP) is 9.53. The van der Waals surface area contributed by atoms with E-state index in [1.807, 2.05) is 0 Å².